The predicted octanol–water partition coefficient (Wildman–Crippen LogP) is 9.05. The summed E-state index contributed by atoms with van der Waals surface area (Å²) in [5.74, 6) is 9.48. The van der Waals surface area contributed by atoms with Gasteiger partial charge in [-0.2, -0.15) is 0 Å². The molecule has 3 rings (SSSR count). The predicted molar refractivity (Wildman–Crippen MR) is 183 cm³/mol. The Bertz CT molecular complexity index is 1280. The highest BCUT2D eigenvalue weighted by Crippen LogP contribution is 2.24. The van der Waals surface area contributed by atoms with Crippen molar-refractivity contribution in [2.24, 2.45) is 11.8 Å². The van der Waals surface area contributed by atoms with Gasteiger partial charge in [0.2, 0.25) is 0 Å². The highest BCUT2D eigenvalue weighted by Gasteiger charge is 2.18. The number of ketones is 1. The van der Waals surface area contributed by atoms with E-state index in [0.29, 0.717) is 18.1 Å². The summed E-state index contributed by atoms with van der Waals surface area (Å²) in [7, 11) is 3.66. The summed E-state index contributed by atoms with van der Waals surface area (Å²) in [6, 6.07) is 26.3. The molecule has 3 atom stereocenters. The third kappa shape index (κ3) is 13.4. The largest absolute Gasteiger partial charge is 0.497 e. The first-order valence-corrected chi connectivity index (χ1v) is 16.6. The van der Waals surface area contributed by atoms with Crippen LogP contribution in [0.2, 0.25) is 0 Å². The maximum Gasteiger partial charge on any atom is 0.135 e. The third-order valence-electron chi connectivity index (χ3n) is 8.33. The average Bonchev–Trinajstić information content (AvgIpc) is 3.05. The van der Waals surface area contributed by atoms with Gasteiger partial charge in [-0.1, -0.05) is 87.8 Å². The van der Waals surface area contributed by atoms with Gasteiger partial charge in [-0.05, 0) is 99.5 Å². The molecule has 2 unspecified atom stereocenters. The molecule has 0 aliphatic heterocycles. The summed E-state index contributed by atoms with van der Waals surface area (Å²) in [5, 5.41) is 3.30. The van der Waals surface area contributed by atoms with E-state index in [1.165, 1.54) is 5.56 Å². The number of methoxy groups -OCH3 is 1. The number of carbonyl (C=O) groups is 1. The fourth-order valence-corrected chi connectivity index (χ4v) is 5.64. The number of carbonyl (C=O) groups excluding carboxylic acids is 1. The lowest BCUT2D eigenvalue weighted by Crippen LogP contribution is -2.29. The minimum atomic E-state index is 0.101. The van der Waals surface area contributed by atoms with Crippen LogP contribution in [0.5, 0.6) is 11.5 Å². The van der Waals surface area contributed by atoms with Crippen LogP contribution in [0.1, 0.15) is 94.7 Å². The van der Waals surface area contributed by atoms with Crippen molar-refractivity contribution < 1.29 is 14.3 Å². The van der Waals surface area contributed by atoms with Crippen molar-refractivity contribution in [1.82, 2.24) is 5.32 Å². The monoisotopic (exact) mass is 595 g/mol. The topological polar surface area (TPSA) is 47.6 Å². The van der Waals surface area contributed by atoms with E-state index >= 15 is 0 Å². The number of Topliss-reactive ketones (excluding diaryl/α,β-unsaturated/α-hetero) is 1. The molecule has 1 N–H and O–H groups in total. The number of rotatable bonds is 20. The Morgan fingerprint density at radius 2 is 1.52 bits per heavy atom. The van der Waals surface area contributed by atoms with Crippen LogP contribution >= 0.6 is 0 Å². The standard InChI is InChI=1S/C40H53NO3/c1-5-6-18-36(40(42)21-12-16-34-25-28-37(43-4)29-26-34)19-10-13-32(2)22-27-39(31-41-3)44-38-20-11-17-35(30-38)24-23-33-14-8-7-9-15-33/h7-9,11,14-15,17,20,25-26,28-30,32,36,39,41H,5-6,10,12-13,16,18-19,21-22,27,31H2,1-4H3/t32?,36?,39-/m0/s1. The second-order valence-electron chi connectivity index (χ2n) is 12.1. The van der Waals surface area contributed by atoms with Crippen LogP contribution in [0.4, 0.5) is 0 Å². The van der Waals surface area contributed by atoms with Crippen molar-refractivity contribution in [2.75, 3.05) is 20.7 Å². The van der Waals surface area contributed by atoms with Crippen LogP contribution in [0.25, 0.3) is 0 Å². The van der Waals surface area contributed by atoms with Crippen molar-refractivity contribution in [3.63, 3.8) is 0 Å². The van der Waals surface area contributed by atoms with Gasteiger partial charge in [0, 0.05) is 30.0 Å². The summed E-state index contributed by atoms with van der Waals surface area (Å²) in [4.78, 5) is 13.2. The summed E-state index contributed by atoms with van der Waals surface area (Å²) < 4.78 is 11.7. The molecule has 3 aromatic rings. The Kier molecular flexibility index (Phi) is 16.2. The van der Waals surface area contributed by atoms with Gasteiger partial charge >= 0.3 is 0 Å². The molecule has 4 heteroatoms. The molecule has 0 heterocycles. The Hall–Kier alpha value is -3.55. The van der Waals surface area contributed by atoms with Gasteiger partial charge in [-0.3, -0.25) is 4.79 Å². The summed E-state index contributed by atoms with van der Waals surface area (Å²) in [6.45, 7) is 5.36. The molecule has 3 aromatic carbocycles. The molecule has 44 heavy (non-hydrogen) atoms. The molecule has 0 aliphatic carbocycles. The van der Waals surface area contributed by atoms with Crippen molar-refractivity contribution in [1.29, 1.82) is 0 Å². The quantitative estimate of drug-likeness (QED) is 0.132. The first kappa shape index (κ1) is 34.9. The number of hydrogen-bond donors (Lipinski definition) is 1. The van der Waals surface area contributed by atoms with E-state index in [4.69, 9.17) is 9.47 Å². The lowest BCUT2D eigenvalue weighted by Gasteiger charge is -2.21. The lowest BCUT2D eigenvalue weighted by molar-refractivity contribution is -0.123. The molecule has 0 saturated heterocycles. The van der Waals surface area contributed by atoms with E-state index < -0.39 is 0 Å². The van der Waals surface area contributed by atoms with Gasteiger partial charge in [-0.15, -0.1) is 0 Å². The second-order valence-corrected chi connectivity index (χ2v) is 12.1. The van der Waals surface area contributed by atoms with Crippen molar-refractivity contribution in [2.45, 2.75) is 90.6 Å². The molecule has 0 aromatic heterocycles. The number of unbranched alkanes of at least 4 members (excludes halogenated alkanes) is 1. The average molecular weight is 596 g/mol. The molecule has 0 aliphatic rings. The number of likely N-dealkylation sites (N-methyl/N-ethyl adjacent to an activating group) is 1. The molecular formula is C40H53NO3. The summed E-state index contributed by atoms with van der Waals surface area (Å²) in [6.07, 6.45) is 11.3. The molecule has 0 bridgehead atoms. The van der Waals surface area contributed by atoms with E-state index in [-0.39, 0.29) is 12.0 Å². The summed E-state index contributed by atoms with van der Waals surface area (Å²) >= 11 is 0. The van der Waals surface area contributed by atoms with Gasteiger partial charge in [-0.25, -0.2) is 0 Å². The van der Waals surface area contributed by atoms with Crippen LogP contribution in [0.3, 0.4) is 0 Å². The van der Waals surface area contributed by atoms with Gasteiger partial charge in [0.1, 0.15) is 23.4 Å². The van der Waals surface area contributed by atoms with Crippen LogP contribution in [0, 0.1) is 23.7 Å². The fourth-order valence-electron chi connectivity index (χ4n) is 5.64. The van der Waals surface area contributed by atoms with Crippen LogP contribution in [-0.2, 0) is 11.2 Å². The molecule has 0 saturated carbocycles. The number of ether oxygens (including phenoxy) is 2. The molecule has 0 spiro atoms. The zero-order valence-electron chi connectivity index (χ0n) is 27.4. The second kappa shape index (κ2) is 20.4. The Balaban J connectivity index is 1.42. The molecule has 0 radical (unpaired) electrons. The molecular weight excluding hydrogens is 542 g/mol. The maximum atomic E-state index is 13.2. The molecule has 236 valence electrons. The van der Waals surface area contributed by atoms with E-state index in [1.54, 1.807) is 7.11 Å². The number of benzene rings is 3. The Labute approximate surface area is 267 Å². The number of nitrogens with one attached hydrogen (secondary N) is 1. The van der Waals surface area contributed by atoms with E-state index in [2.05, 4.69) is 43.1 Å². The Morgan fingerprint density at radius 3 is 2.25 bits per heavy atom. The van der Waals surface area contributed by atoms with Crippen molar-refractivity contribution >= 4 is 5.78 Å². The normalized spacial score (nSPS) is 12.9. The van der Waals surface area contributed by atoms with Gasteiger partial charge in [0.25, 0.3) is 0 Å². The third-order valence-corrected chi connectivity index (χ3v) is 8.33. The van der Waals surface area contributed by atoms with Gasteiger partial charge in [0.15, 0.2) is 0 Å². The number of hydrogen-bond acceptors (Lipinski definition) is 4. The van der Waals surface area contributed by atoms with Gasteiger partial charge < -0.3 is 14.8 Å². The minimum Gasteiger partial charge on any atom is -0.497 e. The zero-order chi connectivity index (χ0) is 31.4. The van der Waals surface area contributed by atoms with Crippen LogP contribution in [-0.4, -0.2) is 32.6 Å². The number of aryl methyl sites for hydroxylation is 1. The zero-order valence-corrected chi connectivity index (χ0v) is 27.4. The van der Waals surface area contributed by atoms with Gasteiger partial charge in [0.05, 0.1) is 7.11 Å². The first-order valence-electron chi connectivity index (χ1n) is 16.6. The summed E-state index contributed by atoms with van der Waals surface area (Å²) in [5.41, 5.74) is 3.23. The van der Waals surface area contributed by atoms with E-state index in [1.807, 2.05) is 73.8 Å². The van der Waals surface area contributed by atoms with E-state index in [9.17, 15) is 4.79 Å². The highest BCUT2D eigenvalue weighted by atomic mass is 16.5. The Morgan fingerprint density at radius 1 is 0.795 bits per heavy atom. The molecule has 0 fully saturated rings. The first-order chi connectivity index (χ1) is 21.5. The smallest absolute Gasteiger partial charge is 0.135 e. The maximum absolute atomic E-state index is 13.2. The van der Waals surface area contributed by atoms with Crippen LogP contribution in [0.15, 0.2) is 78.9 Å². The molecule has 4 nitrogen and oxygen atoms in total. The molecule has 0 amide bonds. The minimum absolute atomic E-state index is 0.101. The van der Waals surface area contributed by atoms with Crippen molar-refractivity contribution in [3.8, 4) is 23.3 Å². The van der Waals surface area contributed by atoms with Crippen molar-refractivity contribution in [3.05, 3.63) is 95.6 Å². The fraction of sp³-hybridized carbons (Fsp3) is 0.475. The van der Waals surface area contributed by atoms with Crippen LogP contribution < -0.4 is 14.8 Å². The SMILES string of the molecule is CCCCC(CCCC(C)CC[C@@H](CNC)Oc1cccc(C#Cc2ccccc2)c1)C(=O)CCCc1ccc(OC)cc1. The highest BCUT2D eigenvalue weighted by molar-refractivity contribution is 5.80. The lowest BCUT2D eigenvalue weighted by atomic mass is 9.87. The van der Waals surface area contributed by atoms with E-state index in [0.717, 1.165) is 93.4 Å².